The number of nitriles is 1. The van der Waals surface area contributed by atoms with Crippen molar-refractivity contribution in [2.24, 2.45) is 57.2 Å². The summed E-state index contributed by atoms with van der Waals surface area (Å²) in [5, 5.41) is 16.4. The van der Waals surface area contributed by atoms with Crippen LogP contribution in [0.5, 0.6) is 11.5 Å². The second kappa shape index (κ2) is 35.9. The predicted molar refractivity (Wildman–Crippen MR) is 482 cm³/mol. The van der Waals surface area contributed by atoms with Gasteiger partial charge in [0.25, 0.3) is 0 Å². The molecule has 0 aliphatic carbocycles. The maximum atomic E-state index is 12.8. The van der Waals surface area contributed by atoms with Crippen LogP contribution in [0, 0.1) is 75.1 Å². The summed E-state index contributed by atoms with van der Waals surface area (Å²) >= 11 is 27.3. The van der Waals surface area contributed by atoms with E-state index >= 15 is 0 Å². The third-order valence-corrected chi connectivity index (χ3v) is 23.6. The Morgan fingerprint density at radius 2 is 0.763 bits per heavy atom. The van der Waals surface area contributed by atoms with Crippen LogP contribution in [0.15, 0.2) is 207 Å². The molecule has 0 amide bonds. The van der Waals surface area contributed by atoms with Gasteiger partial charge in [-0.25, -0.2) is 9.83 Å². The first-order chi connectivity index (χ1) is 54.2. The number of benzene rings is 8. The van der Waals surface area contributed by atoms with Crippen molar-refractivity contribution in [1.29, 1.82) is 5.26 Å². The third kappa shape index (κ3) is 20.4. The zero-order valence-corrected chi connectivity index (χ0v) is 72.2. The van der Waals surface area contributed by atoms with Crippen molar-refractivity contribution in [3.63, 3.8) is 0 Å². The number of hydrogen-bond donors (Lipinski definition) is 0. The van der Waals surface area contributed by atoms with E-state index in [1.165, 1.54) is 0 Å². The molecule has 0 N–H and O–H groups in total. The standard InChI is InChI=1S/C98H108B2Cl4N8O2/c1-63(54-95(5,6)7)38-40-69(65(3)56-97(11,12)13)61-113-75-46-42-67(43-47-75)91-88-89(94(90(106-17)87-60-108-83-51-79(102)81(104)53-85(83)110-87)112(91)100(73-34-26-20-27-35-73)74-36-28-21-29-37-74)92(68-44-48-76(49-45-68)114-62-70(66(4)57-98(14,15)16)41-39-64(2)55-96(8,9)10)111(99(71-30-22-18-23-31-71)72-32-24-19-25-33-72)93(88)77(58-105)86-59-107-82-50-78(101)80(103)52-84(82)109-86/h18-37,42-53,59-60,63-66,69-70H,38-41,54-57,61-62H2,1-16H3/b93-77-,94-90+. The fourth-order valence-electron chi connectivity index (χ4n) is 17.6. The van der Waals surface area contributed by atoms with Gasteiger partial charge in [-0.15, -0.1) is 0 Å². The maximum Gasteiger partial charge on any atom is 0.328 e. The molecule has 6 atom stereocenters. The summed E-state index contributed by atoms with van der Waals surface area (Å²) in [6.45, 7) is 47.3. The molecule has 114 heavy (non-hydrogen) atoms. The molecule has 4 aromatic heterocycles. The Morgan fingerprint density at radius 3 is 1.11 bits per heavy atom. The second-order valence-corrected chi connectivity index (χ2v) is 38.5. The molecule has 0 fully saturated rings. The highest BCUT2D eigenvalue weighted by Gasteiger charge is 2.39. The van der Waals surface area contributed by atoms with Gasteiger partial charge in [-0.3, -0.25) is 15.0 Å². The molecule has 12 rings (SSSR count). The van der Waals surface area contributed by atoms with Crippen LogP contribution < -0.4 is 42.0 Å². The number of nitrogens with zero attached hydrogens (tertiary/aromatic N) is 8. The average Bonchev–Trinajstić information content (AvgIpc) is 1.52. The lowest BCUT2D eigenvalue weighted by Crippen LogP contribution is -2.54. The predicted octanol–water partition coefficient (Wildman–Crippen LogP) is 23.2. The molecule has 586 valence electrons. The van der Waals surface area contributed by atoms with E-state index in [2.05, 4.69) is 271 Å². The van der Waals surface area contributed by atoms with E-state index in [0.717, 1.165) is 95.8 Å². The molecule has 16 heteroatoms. The van der Waals surface area contributed by atoms with Crippen molar-refractivity contribution >= 4 is 126 Å². The molecular weight excluding hydrogens is 1480 g/mol. The molecule has 0 radical (unpaired) electrons. The first kappa shape index (κ1) is 84.3. The van der Waals surface area contributed by atoms with Gasteiger partial charge in [0.05, 0.1) is 79.2 Å². The Bertz CT molecular complexity index is 5140. The van der Waals surface area contributed by atoms with Gasteiger partial charge in [0.1, 0.15) is 28.8 Å². The van der Waals surface area contributed by atoms with Gasteiger partial charge in [0.15, 0.2) is 0 Å². The van der Waals surface area contributed by atoms with E-state index in [0.29, 0.717) is 119 Å². The van der Waals surface area contributed by atoms with Crippen LogP contribution in [0.3, 0.4) is 0 Å². The lowest BCUT2D eigenvalue weighted by atomic mass is 9.50. The summed E-state index contributed by atoms with van der Waals surface area (Å²) in [5.41, 5.74) is 10.2. The Labute approximate surface area is 697 Å². The highest BCUT2D eigenvalue weighted by Crippen LogP contribution is 2.42. The first-order valence-electron chi connectivity index (χ1n) is 40.5. The topological polar surface area (TPSA) is 108 Å². The number of hydrogen-bond acceptors (Lipinski definition) is 7. The zero-order valence-electron chi connectivity index (χ0n) is 69.2. The van der Waals surface area contributed by atoms with Gasteiger partial charge in [-0.1, -0.05) is 313 Å². The molecule has 0 saturated heterocycles. The molecule has 0 aliphatic rings. The van der Waals surface area contributed by atoms with Crippen LogP contribution in [0.2, 0.25) is 20.1 Å². The zero-order chi connectivity index (χ0) is 81.6. The van der Waals surface area contributed by atoms with Crippen LogP contribution in [0.1, 0.15) is 174 Å². The molecule has 0 spiro atoms. The molecule has 6 unspecified atom stereocenters. The highest BCUT2D eigenvalue weighted by molar-refractivity contribution is 6.85. The lowest BCUT2D eigenvalue weighted by molar-refractivity contribution is 0.147. The minimum absolute atomic E-state index is 0.128. The number of ether oxygens (including phenoxy) is 2. The number of halogens is 4. The van der Waals surface area contributed by atoms with Crippen molar-refractivity contribution in [1.82, 2.24) is 28.9 Å². The van der Waals surface area contributed by atoms with Crippen molar-refractivity contribution in [3.05, 3.63) is 260 Å². The average molecular weight is 1590 g/mol. The summed E-state index contributed by atoms with van der Waals surface area (Å²) in [5.74, 6) is 3.94. The van der Waals surface area contributed by atoms with Gasteiger partial charge in [0, 0.05) is 33.7 Å². The van der Waals surface area contributed by atoms with E-state index in [9.17, 15) is 11.8 Å². The van der Waals surface area contributed by atoms with E-state index in [1.54, 1.807) is 36.7 Å². The summed E-state index contributed by atoms with van der Waals surface area (Å²) in [6, 6.07) is 68.2. The Kier molecular flexibility index (Phi) is 26.6. The van der Waals surface area contributed by atoms with Gasteiger partial charge in [-0.05, 0) is 180 Å². The number of rotatable bonds is 28. The lowest BCUT2D eigenvalue weighted by Gasteiger charge is -2.31. The molecule has 8 aromatic carbocycles. The molecule has 0 saturated carbocycles. The molecule has 4 heterocycles. The van der Waals surface area contributed by atoms with E-state index in [-0.39, 0.29) is 49.3 Å². The maximum absolute atomic E-state index is 12.8. The Balaban J connectivity index is 1.25. The molecule has 0 bridgehead atoms. The first-order valence-corrected chi connectivity index (χ1v) is 42.0. The van der Waals surface area contributed by atoms with Gasteiger partial charge < -0.3 is 18.4 Å². The minimum atomic E-state index is -0.672. The number of fused-ring (bicyclic) bond motifs is 3. The van der Waals surface area contributed by atoms with Crippen molar-refractivity contribution < 1.29 is 9.47 Å². The third-order valence-electron chi connectivity index (χ3n) is 22.1. The summed E-state index contributed by atoms with van der Waals surface area (Å²) < 4.78 is 18.9. The Hall–Kier alpha value is -9.13. The largest absolute Gasteiger partial charge is 0.493 e. The fraction of sp³-hybridized carbons (Fsp3) is 0.367. The molecule has 10 nitrogen and oxygen atoms in total. The summed E-state index contributed by atoms with van der Waals surface area (Å²) in [7, 11) is 0. The van der Waals surface area contributed by atoms with Crippen LogP contribution in [0.4, 0.5) is 0 Å². The van der Waals surface area contributed by atoms with Crippen molar-refractivity contribution in [3.8, 4) is 40.1 Å². The van der Waals surface area contributed by atoms with Crippen LogP contribution in [-0.4, -0.2) is 55.8 Å². The van der Waals surface area contributed by atoms with Crippen LogP contribution in [0.25, 0.3) is 71.5 Å². The quantitative estimate of drug-likeness (QED) is 0.0355. The van der Waals surface area contributed by atoms with Gasteiger partial charge >= 0.3 is 13.7 Å². The van der Waals surface area contributed by atoms with Gasteiger partial charge in [0.2, 0.25) is 5.70 Å². The summed E-state index contributed by atoms with van der Waals surface area (Å²) in [6.07, 6.45) is 12.0. The molecule has 0 aliphatic heterocycles. The second-order valence-electron chi connectivity index (χ2n) is 36.9. The van der Waals surface area contributed by atoms with Crippen molar-refractivity contribution in [2.45, 2.75) is 162 Å². The normalized spacial score (nSPS) is 14.4. The Morgan fingerprint density at radius 1 is 0.439 bits per heavy atom. The van der Waals surface area contributed by atoms with Crippen molar-refractivity contribution in [2.75, 3.05) is 13.2 Å². The fourth-order valence-corrected chi connectivity index (χ4v) is 18.3. The van der Waals surface area contributed by atoms with Crippen LogP contribution >= 0.6 is 46.4 Å². The minimum Gasteiger partial charge on any atom is -0.493 e. The van der Waals surface area contributed by atoms with E-state index in [1.807, 2.05) is 24.3 Å². The summed E-state index contributed by atoms with van der Waals surface area (Å²) in [4.78, 5) is 25.6. The smallest absolute Gasteiger partial charge is 0.328 e. The monoisotopic (exact) mass is 1590 g/mol. The van der Waals surface area contributed by atoms with Crippen LogP contribution in [-0.2, 0) is 0 Å². The number of aromatic nitrogens is 6. The molecule has 12 aromatic rings. The van der Waals surface area contributed by atoms with Gasteiger partial charge in [-0.2, -0.15) is 5.26 Å². The SMILES string of the molecule is [C-]#[N+]/C(c1cnc2cc(Cl)c(Cl)cc2n1)=c1\c2c(-c3ccc(OCC(CCC(C)CC(C)(C)C)C(C)CC(C)(C)C)cc3)n(B(c3ccccc3)c3ccccc3)/c(=C(/C#N)c3cnc4cc(Cl)c(Cl)cc4n3)c2c(-c2ccc(OCC(CCC(C)CC(C)(C)C)C(C)CC(C)(C)C)cc2)n1B(c1ccccc1)c1ccccc1. The molecular formula is C98H108B2Cl4N8O2. The highest BCUT2D eigenvalue weighted by atomic mass is 35.5. The van der Waals surface area contributed by atoms with E-state index in [4.69, 9.17) is 80.7 Å². The van der Waals surface area contributed by atoms with E-state index < -0.39 is 13.7 Å².